The maximum absolute atomic E-state index is 12.9. The van der Waals surface area contributed by atoms with Crippen molar-refractivity contribution < 1.29 is 17.9 Å². The Hall–Kier alpha value is -2.52. The van der Waals surface area contributed by atoms with Gasteiger partial charge in [0, 0.05) is 16.6 Å². The molecule has 0 spiro atoms. The van der Waals surface area contributed by atoms with Gasteiger partial charge in [0.05, 0.1) is 24.2 Å². The summed E-state index contributed by atoms with van der Waals surface area (Å²) in [7, 11) is -3.04. The Morgan fingerprint density at radius 1 is 1.15 bits per heavy atom. The van der Waals surface area contributed by atoms with E-state index in [-0.39, 0.29) is 35.2 Å². The molecule has 2 aliphatic rings. The van der Waals surface area contributed by atoms with Crippen LogP contribution >= 0.6 is 11.8 Å². The van der Waals surface area contributed by atoms with Crippen LogP contribution in [0, 0.1) is 0 Å². The molecule has 1 fully saturated rings. The first-order chi connectivity index (χ1) is 15.7. The van der Waals surface area contributed by atoms with Crippen LogP contribution in [-0.4, -0.2) is 55.4 Å². The summed E-state index contributed by atoms with van der Waals surface area (Å²) < 4.78 is 29.4. The molecular weight excluding hydrogens is 458 g/mol. The van der Waals surface area contributed by atoms with E-state index < -0.39 is 9.84 Å². The van der Waals surface area contributed by atoms with Crippen LogP contribution in [0.2, 0.25) is 0 Å². The molecular formula is C24H29N3O4S2. The highest BCUT2D eigenvalue weighted by Crippen LogP contribution is 2.37. The van der Waals surface area contributed by atoms with Gasteiger partial charge in [-0.05, 0) is 54.8 Å². The van der Waals surface area contributed by atoms with Crippen LogP contribution in [-0.2, 0) is 14.6 Å². The number of amides is 1. The van der Waals surface area contributed by atoms with Crippen molar-refractivity contribution in [2.24, 2.45) is 4.99 Å². The van der Waals surface area contributed by atoms with Crippen molar-refractivity contribution in [2.45, 2.75) is 38.0 Å². The first-order valence-electron chi connectivity index (χ1n) is 11.1. The van der Waals surface area contributed by atoms with E-state index in [4.69, 9.17) is 9.73 Å². The molecule has 0 aromatic heterocycles. The number of anilines is 2. The van der Waals surface area contributed by atoms with Gasteiger partial charge in [0.2, 0.25) is 5.91 Å². The highest BCUT2D eigenvalue weighted by atomic mass is 32.2. The number of carbonyl (C=O) groups excluding carboxylic acids is 1. The lowest BCUT2D eigenvalue weighted by atomic mass is 10.0. The zero-order chi connectivity index (χ0) is 23.6. The molecule has 0 unspecified atom stereocenters. The summed E-state index contributed by atoms with van der Waals surface area (Å²) in [6.45, 7) is 6.85. The van der Waals surface area contributed by atoms with Gasteiger partial charge in [-0.1, -0.05) is 37.7 Å². The van der Waals surface area contributed by atoms with E-state index in [9.17, 15) is 13.2 Å². The molecule has 33 heavy (non-hydrogen) atoms. The number of sulfone groups is 1. The summed E-state index contributed by atoms with van der Waals surface area (Å²) in [6, 6.07) is 15.1. The molecule has 2 aliphatic heterocycles. The summed E-state index contributed by atoms with van der Waals surface area (Å²) in [4.78, 5) is 19.5. The number of benzene rings is 2. The molecule has 9 heteroatoms. The van der Waals surface area contributed by atoms with Gasteiger partial charge in [0.1, 0.15) is 12.3 Å². The Labute approximate surface area is 199 Å². The number of amidine groups is 1. The number of aliphatic imine (C=N–C) groups is 1. The van der Waals surface area contributed by atoms with Gasteiger partial charge >= 0.3 is 0 Å². The fourth-order valence-corrected chi connectivity index (χ4v) is 7.71. The summed E-state index contributed by atoms with van der Waals surface area (Å²) >= 11 is 1.45. The minimum atomic E-state index is -3.04. The highest BCUT2D eigenvalue weighted by molar-refractivity contribution is 8.15. The summed E-state index contributed by atoms with van der Waals surface area (Å²) in [5.41, 5.74) is 2.75. The molecule has 1 saturated heterocycles. The lowest BCUT2D eigenvalue weighted by Crippen LogP contribution is -2.36. The van der Waals surface area contributed by atoms with Gasteiger partial charge in [0.25, 0.3) is 0 Å². The summed E-state index contributed by atoms with van der Waals surface area (Å²) in [5.74, 6) is 1.18. The smallest absolute Gasteiger partial charge is 0.244 e. The number of hydrogen-bond donors (Lipinski definition) is 1. The molecule has 2 aromatic carbocycles. The van der Waals surface area contributed by atoms with E-state index in [0.717, 1.165) is 11.4 Å². The number of fused-ring (bicyclic) bond motifs is 1. The van der Waals surface area contributed by atoms with Gasteiger partial charge in [-0.15, -0.1) is 0 Å². The molecule has 2 aromatic rings. The van der Waals surface area contributed by atoms with Crippen molar-refractivity contribution in [3.63, 3.8) is 0 Å². The van der Waals surface area contributed by atoms with Gasteiger partial charge < -0.3 is 15.0 Å². The number of carbonyl (C=O) groups is 1. The Morgan fingerprint density at radius 2 is 1.85 bits per heavy atom. The van der Waals surface area contributed by atoms with Crippen LogP contribution in [0.3, 0.4) is 0 Å². The quantitative estimate of drug-likeness (QED) is 0.637. The van der Waals surface area contributed by atoms with Crippen LogP contribution in [0.4, 0.5) is 11.4 Å². The molecule has 0 aliphatic carbocycles. The molecule has 7 nitrogen and oxygen atoms in total. The van der Waals surface area contributed by atoms with Gasteiger partial charge in [-0.25, -0.2) is 8.42 Å². The second-order valence-electron chi connectivity index (χ2n) is 8.55. The maximum atomic E-state index is 12.9. The number of ether oxygens (including phenoxy) is 1. The molecule has 176 valence electrons. The van der Waals surface area contributed by atoms with Crippen molar-refractivity contribution in [1.29, 1.82) is 0 Å². The van der Waals surface area contributed by atoms with Crippen molar-refractivity contribution in [3.8, 4) is 5.75 Å². The molecule has 4 rings (SSSR count). The second kappa shape index (κ2) is 9.77. The molecule has 2 atom stereocenters. The van der Waals surface area contributed by atoms with Crippen molar-refractivity contribution >= 4 is 44.0 Å². The fourth-order valence-electron chi connectivity index (χ4n) is 3.92. The van der Waals surface area contributed by atoms with Crippen LogP contribution in [0.15, 0.2) is 53.5 Å². The van der Waals surface area contributed by atoms with E-state index >= 15 is 0 Å². The number of hydrogen-bond acceptors (Lipinski definition) is 7. The molecule has 1 amide bonds. The van der Waals surface area contributed by atoms with E-state index in [0.29, 0.717) is 23.4 Å². The third kappa shape index (κ3) is 5.70. The number of nitrogens with zero attached hydrogens (tertiary/aromatic N) is 2. The zero-order valence-corrected chi connectivity index (χ0v) is 20.7. The zero-order valence-electron chi connectivity index (χ0n) is 19.0. The summed E-state index contributed by atoms with van der Waals surface area (Å²) in [5, 5.41) is 3.54. The van der Waals surface area contributed by atoms with Gasteiger partial charge in [-0.3, -0.25) is 9.79 Å². The largest absolute Gasteiger partial charge is 0.494 e. The molecule has 1 N–H and O–H groups in total. The van der Waals surface area contributed by atoms with Crippen LogP contribution < -0.4 is 15.0 Å². The summed E-state index contributed by atoms with van der Waals surface area (Å²) in [6.07, 6.45) is 0. The molecule has 2 heterocycles. The highest BCUT2D eigenvalue weighted by Gasteiger charge is 2.44. The van der Waals surface area contributed by atoms with E-state index in [1.54, 1.807) is 0 Å². The Balaban J connectivity index is 1.53. The van der Waals surface area contributed by atoms with Crippen LogP contribution in [0.25, 0.3) is 0 Å². The van der Waals surface area contributed by atoms with Gasteiger partial charge in [0.15, 0.2) is 15.0 Å². The minimum absolute atomic E-state index is 0.0757. The minimum Gasteiger partial charge on any atom is -0.494 e. The lowest BCUT2D eigenvalue weighted by molar-refractivity contribution is -0.114. The van der Waals surface area contributed by atoms with Crippen LogP contribution in [0.1, 0.15) is 32.3 Å². The number of thioether (sulfide) groups is 1. The topological polar surface area (TPSA) is 88.1 Å². The first-order valence-corrected chi connectivity index (χ1v) is 13.8. The average Bonchev–Trinajstić information content (AvgIpc) is 3.27. The first kappa shape index (κ1) is 23.6. The molecule has 0 saturated carbocycles. The van der Waals surface area contributed by atoms with E-state index in [1.807, 2.05) is 48.2 Å². The fraction of sp³-hybridized carbons (Fsp3) is 0.417. The van der Waals surface area contributed by atoms with Crippen LogP contribution in [0.5, 0.6) is 5.75 Å². The molecule has 0 bridgehead atoms. The van der Waals surface area contributed by atoms with E-state index in [1.165, 1.54) is 17.3 Å². The lowest BCUT2D eigenvalue weighted by Gasteiger charge is -2.24. The van der Waals surface area contributed by atoms with Gasteiger partial charge in [-0.2, -0.15) is 0 Å². The SMILES string of the molecule is CCOc1ccc(NC(=O)CN(C2=N[C@H]3CS(=O)(=O)C[C@@H]3S2)c2ccc(C(C)C)cc2)cc1. The van der Waals surface area contributed by atoms with E-state index in [2.05, 4.69) is 31.3 Å². The van der Waals surface area contributed by atoms with Crippen molar-refractivity contribution in [2.75, 3.05) is 34.9 Å². The third-order valence-corrected chi connectivity index (χ3v) is 8.91. The van der Waals surface area contributed by atoms with Crippen molar-refractivity contribution in [1.82, 2.24) is 0 Å². The Morgan fingerprint density at radius 3 is 2.45 bits per heavy atom. The molecule has 0 radical (unpaired) electrons. The monoisotopic (exact) mass is 487 g/mol. The normalized spacial score (nSPS) is 20.9. The number of rotatable bonds is 7. The predicted octanol–water partition coefficient (Wildman–Crippen LogP) is 3.92. The maximum Gasteiger partial charge on any atom is 0.244 e. The second-order valence-corrected chi connectivity index (χ2v) is 11.9. The predicted molar refractivity (Wildman–Crippen MR) is 135 cm³/mol. The third-order valence-electron chi connectivity index (χ3n) is 5.66. The standard InChI is InChI=1S/C24H29N3O4S2/c1-4-31-20-11-7-18(8-12-20)25-23(28)13-27(19-9-5-17(6-10-19)16(2)3)24-26-21-14-33(29,30)15-22(21)32-24/h5-12,16,21-22H,4,13-15H2,1-3H3,(H,25,28)/t21-,22-/m0/s1. The van der Waals surface area contributed by atoms with Crippen molar-refractivity contribution in [3.05, 3.63) is 54.1 Å². The Kier molecular flexibility index (Phi) is 6.99. The average molecular weight is 488 g/mol. The Bertz CT molecular complexity index is 1130. The number of nitrogens with one attached hydrogen (secondary N) is 1.